The van der Waals surface area contributed by atoms with E-state index in [-0.39, 0.29) is 0 Å². The van der Waals surface area contributed by atoms with E-state index < -0.39 is 0 Å². The molecule has 0 bridgehead atoms. The van der Waals surface area contributed by atoms with Gasteiger partial charge in [0.1, 0.15) is 0 Å². The standard InChI is InChI=1S/C13H27NS/c1-3-14-13(9-10-15-2)11-12-7-5-4-6-8-12/h12-14H,3-11H2,1-2H3. The molecular weight excluding hydrogens is 202 g/mol. The van der Waals surface area contributed by atoms with Gasteiger partial charge in [0, 0.05) is 6.04 Å². The molecule has 1 rings (SSSR count). The SMILES string of the molecule is CCNC(CCSC)CC1CCCCC1. The van der Waals surface area contributed by atoms with Crippen LogP contribution in [0.1, 0.15) is 51.9 Å². The van der Waals surface area contributed by atoms with E-state index in [9.17, 15) is 0 Å². The summed E-state index contributed by atoms with van der Waals surface area (Å²) in [7, 11) is 0. The largest absolute Gasteiger partial charge is 0.314 e. The predicted molar refractivity (Wildman–Crippen MR) is 71.7 cm³/mol. The highest BCUT2D eigenvalue weighted by molar-refractivity contribution is 7.98. The Bertz CT molecular complexity index is 143. The summed E-state index contributed by atoms with van der Waals surface area (Å²) in [5, 5.41) is 3.65. The van der Waals surface area contributed by atoms with Crippen molar-refractivity contribution in [2.75, 3.05) is 18.6 Å². The lowest BCUT2D eigenvalue weighted by Crippen LogP contribution is -2.32. The first-order valence-corrected chi connectivity index (χ1v) is 7.98. The highest BCUT2D eigenvalue weighted by atomic mass is 32.2. The lowest BCUT2D eigenvalue weighted by molar-refractivity contribution is 0.297. The van der Waals surface area contributed by atoms with Crippen LogP contribution in [-0.4, -0.2) is 24.6 Å². The Morgan fingerprint density at radius 3 is 2.60 bits per heavy atom. The second-order valence-electron chi connectivity index (χ2n) is 4.78. The Kier molecular flexibility index (Phi) is 7.54. The molecule has 15 heavy (non-hydrogen) atoms. The van der Waals surface area contributed by atoms with Crippen molar-refractivity contribution < 1.29 is 0 Å². The first kappa shape index (κ1) is 13.4. The van der Waals surface area contributed by atoms with Crippen molar-refractivity contribution in [3.05, 3.63) is 0 Å². The maximum Gasteiger partial charge on any atom is 0.00774 e. The molecule has 0 aromatic carbocycles. The van der Waals surface area contributed by atoms with Gasteiger partial charge in [-0.3, -0.25) is 0 Å². The van der Waals surface area contributed by atoms with Crippen molar-refractivity contribution in [2.45, 2.75) is 57.9 Å². The Labute approximate surface area is 99.8 Å². The van der Waals surface area contributed by atoms with Crippen molar-refractivity contribution in [2.24, 2.45) is 5.92 Å². The summed E-state index contributed by atoms with van der Waals surface area (Å²) in [6.07, 6.45) is 12.4. The second kappa shape index (κ2) is 8.46. The molecule has 0 saturated heterocycles. The molecule has 0 aromatic rings. The van der Waals surface area contributed by atoms with Gasteiger partial charge in [-0.15, -0.1) is 0 Å². The highest BCUT2D eigenvalue weighted by Gasteiger charge is 2.17. The van der Waals surface area contributed by atoms with Crippen LogP contribution in [0.15, 0.2) is 0 Å². The molecule has 0 aromatic heterocycles. The third-order valence-electron chi connectivity index (χ3n) is 3.51. The van der Waals surface area contributed by atoms with Gasteiger partial charge in [-0.1, -0.05) is 39.0 Å². The fraction of sp³-hybridized carbons (Fsp3) is 1.00. The highest BCUT2D eigenvalue weighted by Crippen LogP contribution is 2.28. The molecule has 0 radical (unpaired) electrons. The topological polar surface area (TPSA) is 12.0 Å². The van der Waals surface area contributed by atoms with Crippen molar-refractivity contribution >= 4 is 11.8 Å². The summed E-state index contributed by atoms with van der Waals surface area (Å²) in [5.74, 6) is 2.33. The van der Waals surface area contributed by atoms with Crippen LogP contribution >= 0.6 is 11.8 Å². The van der Waals surface area contributed by atoms with E-state index in [4.69, 9.17) is 0 Å². The summed E-state index contributed by atoms with van der Waals surface area (Å²) in [4.78, 5) is 0. The van der Waals surface area contributed by atoms with E-state index in [0.29, 0.717) is 0 Å². The molecule has 1 atom stereocenters. The summed E-state index contributed by atoms with van der Waals surface area (Å²) < 4.78 is 0. The van der Waals surface area contributed by atoms with Crippen LogP contribution in [0.5, 0.6) is 0 Å². The van der Waals surface area contributed by atoms with E-state index in [1.54, 1.807) is 0 Å². The normalized spacial score (nSPS) is 20.4. The average molecular weight is 229 g/mol. The van der Waals surface area contributed by atoms with Gasteiger partial charge in [-0.05, 0) is 37.3 Å². The maximum atomic E-state index is 3.65. The third-order valence-corrected chi connectivity index (χ3v) is 4.15. The Morgan fingerprint density at radius 1 is 1.27 bits per heavy atom. The van der Waals surface area contributed by atoms with Gasteiger partial charge in [-0.2, -0.15) is 11.8 Å². The summed E-state index contributed by atoms with van der Waals surface area (Å²) in [6.45, 7) is 3.36. The Hall–Kier alpha value is 0.310. The van der Waals surface area contributed by atoms with E-state index >= 15 is 0 Å². The lowest BCUT2D eigenvalue weighted by atomic mass is 9.84. The van der Waals surface area contributed by atoms with Crippen molar-refractivity contribution in [3.63, 3.8) is 0 Å². The molecule has 1 saturated carbocycles. The molecule has 1 aliphatic rings. The number of rotatable bonds is 7. The molecule has 1 aliphatic carbocycles. The molecule has 0 heterocycles. The molecule has 1 N–H and O–H groups in total. The van der Waals surface area contributed by atoms with Crippen LogP contribution in [0.3, 0.4) is 0 Å². The van der Waals surface area contributed by atoms with E-state index in [1.165, 1.54) is 50.7 Å². The van der Waals surface area contributed by atoms with Gasteiger partial charge >= 0.3 is 0 Å². The fourth-order valence-electron chi connectivity index (χ4n) is 2.68. The van der Waals surface area contributed by atoms with E-state index in [2.05, 4.69) is 18.5 Å². The molecule has 1 nitrogen and oxygen atoms in total. The zero-order chi connectivity index (χ0) is 10.9. The molecule has 2 heteroatoms. The van der Waals surface area contributed by atoms with Crippen LogP contribution in [0, 0.1) is 5.92 Å². The van der Waals surface area contributed by atoms with Crippen LogP contribution in [0.25, 0.3) is 0 Å². The Balaban J connectivity index is 2.21. The van der Waals surface area contributed by atoms with Crippen LogP contribution in [0.2, 0.25) is 0 Å². The lowest BCUT2D eigenvalue weighted by Gasteiger charge is -2.27. The number of nitrogens with one attached hydrogen (secondary N) is 1. The van der Waals surface area contributed by atoms with Gasteiger partial charge in [0.25, 0.3) is 0 Å². The Morgan fingerprint density at radius 2 is 2.00 bits per heavy atom. The predicted octanol–water partition coefficient (Wildman–Crippen LogP) is 3.69. The molecule has 0 amide bonds. The van der Waals surface area contributed by atoms with E-state index in [1.807, 2.05) is 11.8 Å². The molecule has 0 aliphatic heterocycles. The minimum atomic E-state index is 0.783. The number of hydrogen-bond donors (Lipinski definition) is 1. The average Bonchev–Trinajstić information content (AvgIpc) is 2.28. The second-order valence-corrected chi connectivity index (χ2v) is 5.76. The molecule has 90 valence electrons. The molecule has 1 unspecified atom stereocenters. The minimum absolute atomic E-state index is 0.783. The van der Waals surface area contributed by atoms with Gasteiger partial charge in [-0.25, -0.2) is 0 Å². The van der Waals surface area contributed by atoms with Gasteiger partial charge in [0.05, 0.1) is 0 Å². The first-order chi connectivity index (χ1) is 7.36. The number of hydrogen-bond acceptors (Lipinski definition) is 2. The summed E-state index contributed by atoms with van der Waals surface area (Å²) >= 11 is 1.98. The molecule has 1 fully saturated rings. The van der Waals surface area contributed by atoms with Crippen molar-refractivity contribution in [1.82, 2.24) is 5.32 Å². The fourth-order valence-corrected chi connectivity index (χ4v) is 3.20. The first-order valence-electron chi connectivity index (χ1n) is 6.59. The molecular formula is C13H27NS. The van der Waals surface area contributed by atoms with Gasteiger partial charge in [0.2, 0.25) is 0 Å². The summed E-state index contributed by atoms with van der Waals surface area (Å²) in [5.41, 5.74) is 0. The maximum absolute atomic E-state index is 3.65. The molecule has 0 spiro atoms. The van der Waals surface area contributed by atoms with Crippen LogP contribution in [0.4, 0.5) is 0 Å². The van der Waals surface area contributed by atoms with Crippen LogP contribution < -0.4 is 5.32 Å². The van der Waals surface area contributed by atoms with Gasteiger partial charge < -0.3 is 5.32 Å². The zero-order valence-electron chi connectivity index (χ0n) is 10.4. The van der Waals surface area contributed by atoms with Crippen LogP contribution in [-0.2, 0) is 0 Å². The third kappa shape index (κ3) is 5.82. The monoisotopic (exact) mass is 229 g/mol. The van der Waals surface area contributed by atoms with E-state index in [0.717, 1.165) is 18.5 Å². The summed E-state index contributed by atoms with van der Waals surface area (Å²) in [6, 6.07) is 0.783. The number of thioether (sulfide) groups is 1. The zero-order valence-corrected chi connectivity index (χ0v) is 11.2. The minimum Gasteiger partial charge on any atom is -0.314 e. The van der Waals surface area contributed by atoms with Gasteiger partial charge in [0.15, 0.2) is 0 Å². The smallest absolute Gasteiger partial charge is 0.00774 e. The van der Waals surface area contributed by atoms with Crippen molar-refractivity contribution in [1.29, 1.82) is 0 Å². The van der Waals surface area contributed by atoms with Crippen molar-refractivity contribution in [3.8, 4) is 0 Å². The quantitative estimate of drug-likeness (QED) is 0.714.